The Balaban J connectivity index is 1.87. The van der Waals surface area contributed by atoms with Crippen LogP contribution >= 0.6 is 11.6 Å². The molecule has 0 heterocycles. The summed E-state index contributed by atoms with van der Waals surface area (Å²) in [5, 5.41) is 4.02. The van der Waals surface area contributed by atoms with Gasteiger partial charge in [0.1, 0.15) is 6.10 Å². The van der Waals surface area contributed by atoms with E-state index in [2.05, 4.69) is 17.1 Å². The average Bonchev–Trinajstić information content (AvgIpc) is 2.64. The van der Waals surface area contributed by atoms with Gasteiger partial charge in [0, 0.05) is 36.8 Å². The van der Waals surface area contributed by atoms with E-state index in [0.717, 1.165) is 37.4 Å². The van der Waals surface area contributed by atoms with E-state index in [1.807, 2.05) is 48.5 Å². The molecule has 1 unspecified atom stereocenters. The van der Waals surface area contributed by atoms with Gasteiger partial charge in [-0.25, -0.2) is 4.79 Å². The van der Waals surface area contributed by atoms with Crippen molar-refractivity contribution in [1.82, 2.24) is 4.90 Å². The number of hydrogen-bond donors (Lipinski definition) is 2. The summed E-state index contributed by atoms with van der Waals surface area (Å²) in [4.78, 5) is 13.6. The molecule has 2 rings (SSSR count). The van der Waals surface area contributed by atoms with E-state index in [0.29, 0.717) is 11.4 Å². The van der Waals surface area contributed by atoms with E-state index in [-0.39, 0.29) is 0 Å². The molecule has 0 aliphatic rings. The minimum absolute atomic E-state index is 0.401. The molecule has 6 heteroatoms. The smallest absolute Gasteiger partial charge is 0.405 e. The number of para-hydroxylation sites is 1. The Morgan fingerprint density at radius 2 is 1.96 bits per heavy atom. The lowest BCUT2D eigenvalue weighted by molar-refractivity contribution is 0.0927. The topological polar surface area (TPSA) is 67.6 Å². The van der Waals surface area contributed by atoms with Gasteiger partial charge in [0.05, 0.1) is 0 Å². The van der Waals surface area contributed by atoms with Gasteiger partial charge in [0.25, 0.3) is 0 Å². The second-order valence-electron chi connectivity index (χ2n) is 6.00. The molecule has 2 aromatic carbocycles. The fraction of sp³-hybridized carbons (Fsp3) is 0.350. The first kappa shape index (κ1) is 20.1. The molecule has 5 nitrogen and oxygen atoms in total. The Bertz CT molecular complexity index is 682. The second-order valence-corrected chi connectivity index (χ2v) is 6.43. The van der Waals surface area contributed by atoms with Gasteiger partial charge in [-0.15, -0.1) is 0 Å². The maximum Gasteiger partial charge on any atom is 0.405 e. The fourth-order valence-corrected chi connectivity index (χ4v) is 2.98. The summed E-state index contributed by atoms with van der Waals surface area (Å²) in [6.07, 6.45) is -0.520. The number of halogens is 1. The normalized spacial score (nSPS) is 12.0. The van der Waals surface area contributed by atoms with Crippen LogP contribution in [0.5, 0.6) is 0 Å². The van der Waals surface area contributed by atoms with E-state index in [4.69, 9.17) is 22.1 Å². The van der Waals surface area contributed by atoms with Crippen LogP contribution in [-0.4, -0.2) is 37.2 Å². The average molecular weight is 376 g/mol. The van der Waals surface area contributed by atoms with Crippen molar-refractivity contribution < 1.29 is 9.53 Å². The highest BCUT2D eigenvalue weighted by molar-refractivity contribution is 6.30. The van der Waals surface area contributed by atoms with Gasteiger partial charge in [-0.1, -0.05) is 48.9 Å². The molecule has 1 amide bonds. The van der Waals surface area contributed by atoms with Crippen LogP contribution in [0.25, 0.3) is 0 Å². The third-order valence-corrected chi connectivity index (χ3v) is 4.40. The molecular weight excluding hydrogens is 350 g/mol. The molecule has 0 fully saturated rings. The number of anilines is 1. The first-order chi connectivity index (χ1) is 12.6. The number of likely N-dealkylation sites (N-methyl/N-ethyl adjacent to an activating group) is 1. The summed E-state index contributed by atoms with van der Waals surface area (Å²) in [5.41, 5.74) is 7.20. The minimum Gasteiger partial charge on any atom is -0.441 e. The van der Waals surface area contributed by atoms with E-state index in [1.165, 1.54) is 0 Å². The predicted octanol–water partition coefficient (Wildman–Crippen LogP) is 4.30. The number of ether oxygens (including phenoxy) is 1. The number of hydrogen-bond acceptors (Lipinski definition) is 4. The molecule has 3 N–H and O–H groups in total. The molecule has 2 aromatic rings. The number of amides is 1. The summed E-state index contributed by atoms with van der Waals surface area (Å²) >= 11 is 6.05. The van der Waals surface area contributed by atoms with Gasteiger partial charge >= 0.3 is 6.09 Å². The minimum atomic E-state index is -0.774. The van der Waals surface area contributed by atoms with Crippen molar-refractivity contribution in [2.24, 2.45) is 5.73 Å². The van der Waals surface area contributed by atoms with Crippen LogP contribution in [0.15, 0.2) is 54.6 Å². The van der Waals surface area contributed by atoms with Crippen LogP contribution in [-0.2, 0) is 4.74 Å². The first-order valence-electron chi connectivity index (χ1n) is 8.81. The quantitative estimate of drug-likeness (QED) is 0.649. The van der Waals surface area contributed by atoms with E-state index in [1.54, 1.807) is 6.07 Å². The molecule has 140 valence electrons. The summed E-state index contributed by atoms with van der Waals surface area (Å²) in [5.74, 6) is 0. The molecule has 0 bridgehead atoms. The number of primary amides is 1. The van der Waals surface area contributed by atoms with Crippen LogP contribution in [0, 0.1) is 0 Å². The van der Waals surface area contributed by atoms with Gasteiger partial charge in [-0.3, -0.25) is 0 Å². The zero-order valence-electron chi connectivity index (χ0n) is 15.0. The number of carbonyl (C=O) groups is 1. The molecule has 0 saturated carbocycles. The van der Waals surface area contributed by atoms with Crippen molar-refractivity contribution >= 4 is 23.4 Å². The largest absolute Gasteiger partial charge is 0.441 e. The Labute approximate surface area is 160 Å². The summed E-state index contributed by atoms with van der Waals surface area (Å²) in [7, 11) is 0. The Hall–Kier alpha value is -2.24. The Kier molecular flexibility index (Phi) is 8.25. The summed E-state index contributed by atoms with van der Waals surface area (Å²) in [6, 6.07) is 17.5. The Morgan fingerprint density at radius 3 is 2.62 bits per heavy atom. The number of nitrogens with zero attached hydrogens (tertiary/aromatic N) is 1. The van der Waals surface area contributed by atoms with Crippen LogP contribution in [0.1, 0.15) is 25.0 Å². The van der Waals surface area contributed by atoms with Crippen molar-refractivity contribution in [2.75, 3.05) is 31.5 Å². The zero-order chi connectivity index (χ0) is 18.8. The van der Waals surface area contributed by atoms with Crippen LogP contribution in [0.3, 0.4) is 0 Å². The Morgan fingerprint density at radius 1 is 1.19 bits per heavy atom. The number of nitrogens with one attached hydrogen (secondary N) is 1. The highest BCUT2D eigenvalue weighted by atomic mass is 35.5. The lowest BCUT2D eigenvalue weighted by Gasteiger charge is -2.24. The van der Waals surface area contributed by atoms with Gasteiger partial charge in [-0.05, 0) is 36.4 Å². The van der Waals surface area contributed by atoms with Crippen molar-refractivity contribution in [3.05, 3.63) is 65.2 Å². The van der Waals surface area contributed by atoms with E-state index in [9.17, 15) is 4.79 Å². The predicted molar refractivity (Wildman–Crippen MR) is 107 cm³/mol. The van der Waals surface area contributed by atoms with E-state index < -0.39 is 12.2 Å². The van der Waals surface area contributed by atoms with Crippen molar-refractivity contribution in [1.29, 1.82) is 0 Å². The summed E-state index contributed by atoms with van der Waals surface area (Å²) in [6.45, 7) is 5.55. The van der Waals surface area contributed by atoms with Gasteiger partial charge in [0.15, 0.2) is 0 Å². The van der Waals surface area contributed by atoms with Crippen LogP contribution in [0.2, 0.25) is 5.02 Å². The summed E-state index contributed by atoms with van der Waals surface area (Å²) < 4.78 is 5.30. The van der Waals surface area contributed by atoms with Gasteiger partial charge < -0.3 is 20.7 Å². The van der Waals surface area contributed by atoms with Crippen molar-refractivity contribution in [2.45, 2.75) is 19.4 Å². The molecule has 0 radical (unpaired) electrons. The first-order valence-corrected chi connectivity index (χ1v) is 9.19. The SMILES string of the molecule is CCN(CCNc1ccccc1)CCC(OC(N)=O)c1cccc(Cl)c1. The molecule has 0 spiro atoms. The molecule has 1 atom stereocenters. The molecule has 0 aliphatic heterocycles. The molecule has 26 heavy (non-hydrogen) atoms. The number of nitrogens with two attached hydrogens (primary N) is 1. The lowest BCUT2D eigenvalue weighted by Crippen LogP contribution is -2.31. The zero-order valence-corrected chi connectivity index (χ0v) is 15.8. The lowest BCUT2D eigenvalue weighted by atomic mass is 10.1. The van der Waals surface area contributed by atoms with Crippen LogP contribution in [0.4, 0.5) is 10.5 Å². The molecule has 0 saturated heterocycles. The maximum atomic E-state index is 11.3. The van der Waals surface area contributed by atoms with Crippen molar-refractivity contribution in [3.63, 3.8) is 0 Å². The van der Waals surface area contributed by atoms with Crippen LogP contribution < -0.4 is 11.1 Å². The number of rotatable bonds is 10. The fourth-order valence-electron chi connectivity index (χ4n) is 2.78. The molecule has 0 aliphatic carbocycles. The third kappa shape index (κ3) is 6.94. The van der Waals surface area contributed by atoms with E-state index >= 15 is 0 Å². The number of carbonyl (C=O) groups excluding carboxylic acids is 1. The number of benzene rings is 2. The third-order valence-electron chi connectivity index (χ3n) is 4.16. The van der Waals surface area contributed by atoms with Gasteiger partial charge in [0.2, 0.25) is 0 Å². The van der Waals surface area contributed by atoms with Crippen molar-refractivity contribution in [3.8, 4) is 0 Å². The second kappa shape index (κ2) is 10.7. The molecule has 0 aromatic heterocycles. The standard InChI is InChI=1S/C20H26ClN3O2/c1-2-24(14-12-23-18-9-4-3-5-10-18)13-11-19(26-20(22)25)16-7-6-8-17(21)15-16/h3-10,15,19,23H,2,11-14H2,1H3,(H2,22,25). The monoisotopic (exact) mass is 375 g/mol. The van der Waals surface area contributed by atoms with Gasteiger partial charge in [-0.2, -0.15) is 0 Å². The maximum absolute atomic E-state index is 11.3. The molecular formula is C20H26ClN3O2. The highest BCUT2D eigenvalue weighted by Crippen LogP contribution is 2.24. The highest BCUT2D eigenvalue weighted by Gasteiger charge is 2.17.